The lowest BCUT2D eigenvalue weighted by molar-refractivity contribution is -0.385. The Hall–Kier alpha value is -1.66. The summed E-state index contributed by atoms with van der Waals surface area (Å²) >= 11 is 0. The second-order valence-corrected chi connectivity index (χ2v) is 4.82. The third-order valence-electron chi connectivity index (χ3n) is 3.30. The molecule has 1 aliphatic rings. The van der Waals surface area contributed by atoms with Gasteiger partial charge in [0.25, 0.3) is 11.6 Å². The molecule has 1 amide bonds. The van der Waals surface area contributed by atoms with Crippen LogP contribution in [0.3, 0.4) is 0 Å². The van der Waals surface area contributed by atoms with Crippen LogP contribution < -0.4 is 10.6 Å². The number of carbonyl (C=O) groups is 1. The van der Waals surface area contributed by atoms with Crippen molar-refractivity contribution in [3.8, 4) is 0 Å². The van der Waals surface area contributed by atoms with Crippen LogP contribution in [0.1, 0.15) is 30.1 Å². The molecule has 110 valence electrons. The molecule has 1 aromatic rings. The third-order valence-corrected chi connectivity index (χ3v) is 3.30. The molecule has 0 bridgehead atoms. The van der Waals surface area contributed by atoms with E-state index in [4.69, 9.17) is 0 Å². The molecule has 0 radical (unpaired) electrons. The summed E-state index contributed by atoms with van der Waals surface area (Å²) in [5.41, 5.74) is -0.0272. The fourth-order valence-corrected chi connectivity index (χ4v) is 2.35. The number of nitrogens with zero attached hydrogens (tertiary/aromatic N) is 1. The van der Waals surface area contributed by atoms with Gasteiger partial charge in [0.2, 0.25) is 0 Å². The summed E-state index contributed by atoms with van der Waals surface area (Å²) in [6.07, 6.45) is 1.68. The second kappa shape index (κ2) is 7.21. The first-order chi connectivity index (χ1) is 9.08. The number of nitrogens with one attached hydrogen (secondary N) is 2. The number of amides is 1. The van der Waals surface area contributed by atoms with E-state index in [0.717, 1.165) is 19.4 Å². The van der Waals surface area contributed by atoms with Gasteiger partial charge in [-0.25, -0.2) is 0 Å². The maximum Gasteiger partial charge on any atom is 0.282 e. The molecule has 6 nitrogen and oxygen atoms in total. The number of hydrogen-bond donors (Lipinski definition) is 2. The van der Waals surface area contributed by atoms with E-state index >= 15 is 0 Å². The minimum absolute atomic E-state index is 0. The molecular weight excluding hydrogens is 282 g/mol. The summed E-state index contributed by atoms with van der Waals surface area (Å²) in [4.78, 5) is 22.5. The lowest BCUT2D eigenvalue weighted by Crippen LogP contribution is -2.46. The van der Waals surface area contributed by atoms with Crippen LogP contribution in [0.2, 0.25) is 0 Å². The molecule has 1 aromatic carbocycles. The average molecular weight is 300 g/mol. The fraction of sp³-hybridized carbons (Fsp3) is 0.462. The Morgan fingerprint density at radius 3 is 2.80 bits per heavy atom. The van der Waals surface area contributed by atoms with E-state index in [1.54, 1.807) is 12.1 Å². The Morgan fingerprint density at radius 2 is 2.15 bits per heavy atom. The highest BCUT2D eigenvalue weighted by Gasteiger charge is 2.24. The van der Waals surface area contributed by atoms with Gasteiger partial charge in [0.15, 0.2) is 0 Å². The lowest BCUT2D eigenvalue weighted by atomic mass is 10.00. The molecule has 0 aliphatic carbocycles. The minimum Gasteiger partial charge on any atom is -0.349 e. The van der Waals surface area contributed by atoms with E-state index in [-0.39, 0.29) is 35.6 Å². The summed E-state index contributed by atoms with van der Waals surface area (Å²) in [5, 5.41) is 17.1. The van der Waals surface area contributed by atoms with Gasteiger partial charge in [-0.2, -0.15) is 0 Å². The molecular formula is C13H18ClN3O3. The van der Waals surface area contributed by atoms with Crippen LogP contribution in [0.4, 0.5) is 5.69 Å². The van der Waals surface area contributed by atoms with Gasteiger partial charge < -0.3 is 10.6 Å². The van der Waals surface area contributed by atoms with Gasteiger partial charge in [-0.3, -0.25) is 14.9 Å². The first-order valence-electron chi connectivity index (χ1n) is 6.35. The van der Waals surface area contributed by atoms with E-state index in [0.29, 0.717) is 6.04 Å². The van der Waals surface area contributed by atoms with Crippen LogP contribution in [-0.2, 0) is 0 Å². The van der Waals surface area contributed by atoms with Crippen LogP contribution in [-0.4, -0.2) is 29.5 Å². The average Bonchev–Trinajstić information content (AvgIpc) is 2.38. The van der Waals surface area contributed by atoms with Crippen LogP contribution in [0.5, 0.6) is 0 Å². The molecule has 1 heterocycles. The highest BCUT2D eigenvalue weighted by Crippen LogP contribution is 2.18. The lowest BCUT2D eigenvalue weighted by Gasteiger charge is -2.28. The number of piperidine rings is 1. The van der Waals surface area contributed by atoms with Crippen LogP contribution in [0.25, 0.3) is 0 Å². The number of nitro groups is 1. The second-order valence-electron chi connectivity index (χ2n) is 4.82. The predicted molar refractivity (Wildman–Crippen MR) is 78.3 cm³/mol. The molecule has 2 N–H and O–H groups in total. The Bertz CT molecular complexity index is 496. The van der Waals surface area contributed by atoms with E-state index in [1.165, 1.54) is 12.1 Å². The van der Waals surface area contributed by atoms with Crippen molar-refractivity contribution in [2.45, 2.75) is 31.8 Å². The van der Waals surface area contributed by atoms with Crippen LogP contribution >= 0.6 is 12.4 Å². The molecule has 2 rings (SSSR count). The maximum absolute atomic E-state index is 12.1. The summed E-state index contributed by atoms with van der Waals surface area (Å²) in [6.45, 7) is 2.91. The Labute approximate surface area is 123 Å². The monoisotopic (exact) mass is 299 g/mol. The van der Waals surface area contributed by atoms with Gasteiger partial charge in [0.05, 0.1) is 4.92 Å². The molecule has 0 aromatic heterocycles. The number of halogens is 1. The summed E-state index contributed by atoms with van der Waals surface area (Å²) in [6, 6.07) is 6.44. The number of benzene rings is 1. The third kappa shape index (κ3) is 3.91. The maximum atomic E-state index is 12.1. The van der Waals surface area contributed by atoms with Gasteiger partial charge in [0, 0.05) is 18.2 Å². The van der Waals surface area contributed by atoms with E-state index in [1.807, 2.05) is 0 Å². The van der Waals surface area contributed by atoms with Crippen molar-refractivity contribution in [2.24, 2.45) is 0 Å². The van der Waals surface area contributed by atoms with Gasteiger partial charge in [0.1, 0.15) is 5.56 Å². The number of rotatable bonds is 3. The van der Waals surface area contributed by atoms with Crippen LogP contribution in [0.15, 0.2) is 24.3 Å². The van der Waals surface area contributed by atoms with Gasteiger partial charge in [-0.05, 0) is 32.4 Å². The number of para-hydroxylation sites is 1. The Kier molecular flexibility index (Phi) is 5.91. The Balaban J connectivity index is 0.00000200. The quantitative estimate of drug-likeness (QED) is 0.659. The zero-order valence-corrected chi connectivity index (χ0v) is 12.0. The number of carbonyl (C=O) groups excluding carboxylic acids is 1. The standard InChI is InChI=1S/C13H17N3O3.ClH/c1-9-8-10(6-7-14-9)15-13(17)11-4-2-3-5-12(11)16(18)19;/h2-5,9-10,14H,6-8H2,1H3,(H,15,17);1H. The number of nitro benzene ring substituents is 1. The zero-order valence-electron chi connectivity index (χ0n) is 11.2. The molecule has 7 heteroatoms. The first-order valence-corrected chi connectivity index (χ1v) is 6.35. The molecule has 1 saturated heterocycles. The smallest absolute Gasteiger partial charge is 0.282 e. The SMILES string of the molecule is CC1CC(NC(=O)c2ccccc2[N+](=O)[O-])CCN1.Cl. The molecule has 20 heavy (non-hydrogen) atoms. The fourth-order valence-electron chi connectivity index (χ4n) is 2.35. The minimum atomic E-state index is -0.528. The molecule has 2 atom stereocenters. The highest BCUT2D eigenvalue weighted by atomic mass is 35.5. The molecule has 1 aliphatic heterocycles. The van der Waals surface area contributed by atoms with Crippen molar-refractivity contribution in [3.63, 3.8) is 0 Å². The van der Waals surface area contributed by atoms with Crippen molar-refractivity contribution in [3.05, 3.63) is 39.9 Å². The highest BCUT2D eigenvalue weighted by molar-refractivity contribution is 5.98. The topological polar surface area (TPSA) is 84.3 Å². The molecule has 2 unspecified atom stereocenters. The van der Waals surface area contributed by atoms with Crippen molar-refractivity contribution in [1.82, 2.24) is 10.6 Å². The van der Waals surface area contributed by atoms with Crippen LogP contribution in [0, 0.1) is 10.1 Å². The first kappa shape index (κ1) is 16.4. The van der Waals surface area contributed by atoms with E-state index in [9.17, 15) is 14.9 Å². The Morgan fingerprint density at radius 1 is 1.45 bits per heavy atom. The normalized spacial score (nSPS) is 21.6. The predicted octanol–water partition coefficient (Wildman–Crippen LogP) is 1.89. The summed E-state index contributed by atoms with van der Waals surface area (Å²) in [5.74, 6) is -0.369. The zero-order chi connectivity index (χ0) is 13.8. The van der Waals surface area contributed by atoms with E-state index in [2.05, 4.69) is 17.6 Å². The van der Waals surface area contributed by atoms with Crippen molar-refractivity contribution in [2.75, 3.05) is 6.54 Å². The van der Waals surface area contributed by atoms with E-state index < -0.39 is 4.92 Å². The van der Waals surface area contributed by atoms with Crippen molar-refractivity contribution < 1.29 is 9.72 Å². The molecule has 0 spiro atoms. The molecule has 1 fully saturated rings. The number of hydrogen-bond acceptors (Lipinski definition) is 4. The van der Waals surface area contributed by atoms with Gasteiger partial charge in [-0.15, -0.1) is 12.4 Å². The van der Waals surface area contributed by atoms with Gasteiger partial charge >= 0.3 is 0 Å². The van der Waals surface area contributed by atoms with Gasteiger partial charge in [-0.1, -0.05) is 12.1 Å². The molecule has 0 saturated carbocycles. The summed E-state index contributed by atoms with van der Waals surface area (Å²) in [7, 11) is 0. The van der Waals surface area contributed by atoms with Crippen molar-refractivity contribution in [1.29, 1.82) is 0 Å². The summed E-state index contributed by atoms with van der Waals surface area (Å²) < 4.78 is 0. The van der Waals surface area contributed by atoms with Crippen molar-refractivity contribution >= 4 is 24.0 Å². The largest absolute Gasteiger partial charge is 0.349 e.